The molecule has 1 heterocycles. The molecule has 2 aromatic rings. The van der Waals surface area contributed by atoms with Gasteiger partial charge in [0.1, 0.15) is 5.75 Å². The van der Waals surface area contributed by atoms with Crippen molar-refractivity contribution in [1.29, 1.82) is 0 Å². The maximum absolute atomic E-state index is 11.6. The Morgan fingerprint density at radius 3 is 2.00 bits per heavy atom. The van der Waals surface area contributed by atoms with Crippen LogP contribution in [-0.2, 0) is 6.42 Å². The summed E-state index contributed by atoms with van der Waals surface area (Å²) >= 11 is 0. The largest absolute Gasteiger partial charge is 0.543 e. The van der Waals surface area contributed by atoms with Crippen molar-refractivity contribution in [2.75, 3.05) is 6.61 Å². The van der Waals surface area contributed by atoms with Crippen molar-refractivity contribution in [2.24, 2.45) is 0 Å². The van der Waals surface area contributed by atoms with Crippen molar-refractivity contribution in [3.8, 4) is 16.9 Å². The summed E-state index contributed by atoms with van der Waals surface area (Å²) in [6.45, 7) is 5.18. The maximum Gasteiger partial charge on any atom is 0.119 e. The molecule has 1 aromatic carbocycles. The molecule has 2 rings (SSSR count). The van der Waals surface area contributed by atoms with Gasteiger partial charge in [-0.2, -0.15) is 0 Å². The van der Waals surface area contributed by atoms with E-state index in [1.807, 2.05) is 30.3 Å². The summed E-state index contributed by atoms with van der Waals surface area (Å²) in [5, 5.41) is 11.6. The van der Waals surface area contributed by atoms with Gasteiger partial charge in [-0.15, -0.1) is 0 Å². The number of ether oxygens (including phenoxy) is 1. The van der Waals surface area contributed by atoms with E-state index in [-0.39, 0.29) is 5.69 Å². The summed E-state index contributed by atoms with van der Waals surface area (Å²) in [7, 11) is 0. The first kappa shape index (κ1) is 26.9. The molecule has 0 atom stereocenters. The van der Waals surface area contributed by atoms with Crippen LogP contribution < -0.4 is 9.84 Å². The van der Waals surface area contributed by atoms with Crippen molar-refractivity contribution in [1.82, 2.24) is 4.98 Å². The zero-order valence-corrected chi connectivity index (χ0v) is 20.7. The zero-order valence-electron chi connectivity index (χ0n) is 20.7. The lowest BCUT2D eigenvalue weighted by Crippen LogP contribution is -2.24. The van der Waals surface area contributed by atoms with E-state index in [9.17, 15) is 9.90 Å². The van der Waals surface area contributed by atoms with E-state index in [4.69, 9.17) is 4.74 Å². The normalized spacial score (nSPS) is 11.0. The SMILES string of the molecule is CCCCCCCCCc1cnc(C(=O)[O-])c(-c2ccc(OCCCCCCCC)cc2)c1. The highest BCUT2D eigenvalue weighted by Gasteiger charge is 2.10. The molecule has 0 spiro atoms. The van der Waals surface area contributed by atoms with Crippen LogP contribution in [0.4, 0.5) is 0 Å². The Hall–Kier alpha value is -2.36. The minimum Gasteiger partial charge on any atom is -0.543 e. The maximum atomic E-state index is 11.6. The number of benzene rings is 1. The average molecular weight is 453 g/mol. The molecule has 182 valence electrons. The summed E-state index contributed by atoms with van der Waals surface area (Å²) in [6.07, 6.45) is 18.8. The van der Waals surface area contributed by atoms with Gasteiger partial charge in [-0.05, 0) is 48.6 Å². The molecule has 0 fully saturated rings. The number of carboxylic acid groups (broad SMARTS) is 1. The number of carbonyl (C=O) groups is 1. The van der Waals surface area contributed by atoms with Crippen LogP contribution in [0, 0.1) is 0 Å². The fourth-order valence-corrected chi connectivity index (χ4v) is 4.12. The van der Waals surface area contributed by atoms with Crippen LogP contribution in [-0.4, -0.2) is 17.6 Å². The van der Waals surface area contributed by atoms with Gasteiger partial charge >= 0.3 is 0 Å². The number of aromatic carboxylic acids is 1. The number of hydrogen-bond acceptors (Lipinski definition) is 4. The van der Waals surface area contributed by atoms with Crippen LogP contribution in [0.15, 0.2) is 36.5 Å². The number of aryl methyl sites for hydroxylation is 1. The van der Waals surface area contributed by atoms with E-state index in [1.54, 1.807) is 6.20 Å². The molecular weight excluding hydrogens is 410 g/mol. The van der Waals surface area contributed by atoms with Crippen LogP contribution in [0.2, 0.25) is 0 Å². The van der Waals surface area contributed by atoms with Crippen LogP contribution in [0.25, 0.3) is 11.1 Å². The number of nitrogens with zero attached hydrogens (tertiary/aromatic N) is 1. The molecule has 0 N–H and O–H groups in total. The van der Waals surface area contributed by atoms with Crippen molar-refractivity contribution in [3.63, 3.8) is 0 Å². The first-order chi connectivity index (χ1) is 16.2. The smallest absolute Gasteiger partial charge is 0.119 e. The van der Waals surface area contributed by atoms with Gasteiger partial charge < -0.3 is 14.6 Å². The molecule has 0 unspecified atom stereocenters. The third kappa shape index (κ3) is 10.4. The molecular formula is C29H42NO3-. The van der Waals surface area contributed by atoms with Gasteiger partial charge in [-0.3, -0.25) is 4.98 Å². The molecule has 0 saturated carbocycles. The van der Waals surface area contributed by atoms with Crippen molar-refractivity contribution < 1.29 is 14.6 Å². The van der Waals surface area contributed by atoms with Crippen LogP contribution in [0.3, 0.4) is 0 Å². The van der Waals surface area contributed by atoms with E-state index >= 15 is 0 Å². The predicted octanol–water partition coefficient (Wildman–Crippen LogP) is 7.14. The van der Waals surface area contributed by atoms with E-state index in [0.29, 0.717) is 12.2 Å². The Kier molecular flexibility index (Phi) is 13.3. The molecule has 0 radical (unpaired) electrons. The molecule has 4 heteroatoms. The van der Waals surface area contributed by atoms with Crippen LogP contribution >= 0.6 is 0 Å². The molecule has 0 saturated heterocycles. The average Bonchev–Trinajstić information content (AvgIpc) is 2.83. The molecule has 0 aliphatic carbocycles. The van der Waals surface area contributed by atoms with E-state index in [0.717, 1.165) is 36.1 Å². The second-order valence-corrected chi connectivity index (χ2v) is 9.04. The first-order valence-electron chi connectivity index (χ1n) is 13.1. The second-order valence-electron chi connectivity index (χ2n) is 9.04. The lowest BCUT2D eigenvalue weighted by molar-refractivity contribution is -0.255. The molecule has 0 bridgehead atoms. The summed E-state index contributed by atoms with van der Waals surface area (Å²) in [4.78, 5) is 15.8. The summed E-state index contributed by atoms with van der Waals surface area (Å²) in [5.41, 5.74) is 2.53. The van der Waals surface area contributed by atoms with Gasteiger partial charge in [0.2, 0.25) is 0 Å². The van der Waals surface area contributed by atoms with Crippen molar-refractivity contribution in [3.05, 3.63) is 47.8 Å². The van der Waals surface area contributed by atoms with Crippen LogP contribution in [0.1, 0.15) is 113 Å². The third-order valence-corrected chi connectivity index (χ3v) is 6.14. The van der Waals surface area contributed by atoms with Gasteiger partial charge in [0.25, 0.3) is 0 Å². The number of aromatic nitrogens is 1. The van der Waals surface area contributed by atoms with Gasteiger partial charge in [-0.25, -0.2) is 0 Å². The summed E-state index contributed by atoms with van der Waals surface area (Å²) < 4.78 is 5.86. The molecule has 1 aromatic heterocycles. The molecule has 33 heavy (non-hydrogen) atoms. The molecule has 4 nitrogen and oxygen atoms in total. The topological polar surface area (TPSA) is 62.2 Å². The van der Waals surface area contributed by atoms with Gasteiger partial charge in [-0.1, -0.05) is 96.6 Å². The second kappa shape index (κ2) is 16.3. The van der Waals surface area contributed by atoms with E-state index in [2.05, 4.69) is 18.8 Å². The van der Waals surface area contributed by atoms with Crippen LogP contribution in [0.5, 0.6) is 5.75 Å². The molecule has 0 amide bonds. The van der Waals surface area contributed by atoms with E-state index < -0.39 is 5.97 Å². The monoisotopic (exact) mass is 452 g/mol. The number of hydrogen-bond donors (Lipinski definition) is 0. The lowest BCUT2D eigenvalue weighted by atomic mass is 9.99. The van der Waals surface area contributed by atoms with Crippen molar-refractivity contribution >= 4 is 5.97 Å². The highest BCUT2D eigenvalue weighted by molar-refractivity contribution is 5.92. The number of rotatable bonds is 18. The fraction of sp³-hybridized carbons (Fsp3) is 0.586. The predicted molar refractivity (Wildman–Crippen MR) is 135 cm³/mol. The van der Waals surface area contributed by atoms with Gasteiger partial charge in [0.15, 0.2) is 0 Å². The number of carboxylic acids is 1. The van der Waals surface area contributed by atoms with Gasteiger partial charge in [0, 0.05) is 11.8 Å². The Bertz CT molecular complexity index is 801. The third-order valence-electron chi connectivity index (χ3n) is 6.14. The first-order valence-corrected chi connectivity index (χ1v) is 13.1. The van der Waals surface area contributed by atoms with Crippen molar-refractivity contribution in [2.45, 2.75) is 104 Å². The number of carbonyl (C=O) groups excluding carboxylic acids is 1. The molecule has 0 aliphatic rings. The highest BCUT2D eigenvalue weighted by Crippen LogP contribution is 2.26. The number of unbranched alkanes of at least 4 members (excludes halogenated alkanes) is 11. The molecule has 0 aliphatic heterocycles. The van der Waals surface area contributed by atoms with Gasteiger partial charge in [0.05, 0.1) is 18.3 Å². The fourth-order valence-electron chi connectivity index (χ4n) is 4.12. The summed E-state index contributed by atoms with van der Waals surface area (Å²) in [6, 6.07) is 9.61. The highest BCUT2D eigenvalue weighted by atomic mass is 16.5. The zero-order chi connectivity index (χ0) is 23.7. The Morgan fingerprint density at radius 1 is 0.818 bits per heavy atom. The Morgan fingerprint density at radius 2 is 1.39 bits per heavy atom. The van der Waals surface area contributed by atoms with E-state index in [1.165, 1.54) is 70.6 Å². The Labute approximate surface area is 200 Å². The minimum atomic E-state index is -1.24. The lowest BCUT2D eigenvalue weighted by Gasteiger charge is -2.13. The standard InChI is InChI=1S/C29H43NO3/c1-3-5-7-9-11-12-14-16-24-22-27(28(29(31)32)30-23-24)25-17-19-26(20-18-25)33-21-15-13-10-8-6-4-2/h17-20,22-23H,3-16,21H2,1-2H3,(H,31,32)/p-1. The Balaban J connectivity index is 1.89. The summed E-state index contributed by atoms with van der Waals surface area (Å²) in [5.74, 6) is -0.426. The quantitative estimate of drug-likeness (QED) is 0.225. The number of pyridine rings is 1. The minimum absolute atomic E-state index is 0.000867.